The first-order chi connectivity index (χ1) is 36.0. The van der Waals surface area contributed by atoms with Gasteiger partial charge >= 0.3 is 25.7 Å². The van der Waals surface area contributed by atoms with Gasteiger partial charge in [-0.3, -0.25) is 14.6 Å². The molecule has 3 heterocycles. The van der Waals surface area contributed by atoms with E-state index in [4.69, 9.17) is 56.6 Å². The first-order valence-corrected chi connectivity index (χ1v) is 23.3. The van der Waals surface area contributed by atoms with Crippen LogP contribution >= 0.6 is 7.82 Å². The normalized spacial score (nSPS) is 23.2. The number of methoxy groups -OCH3 is 2. The van der Waals surface area contributed by atoms with Gasteiger partial charge < -0.3 is 66.1 Å². The number of benzene rings is 4. The average Bonchev–Trinajstić information content (AvgIpc) is 4.06. The molecule has 0 spiro atoms. The van der Waals surface area contributed by atoms with Gasteiger partial charge in [-0.25, -0.2) is 40.5 Å². The third-order valence-corrected chi connectivity index (χ3v) is 12.3. The summed E-state index contributed by atoms with van der Waals surface area (Å²) in [6.07, 6.45) is -9.28. The summed E-state index contributed by atoms with van der Waals surface area (Å²) in [6.45, 7) is -4.59. The Labute approximate surface area is 419 Å². The van der Waals surface area contributed by atoms with Gasteiger partial charge in [-0.2, -0.15) is 17.6 Å². The highest BCUT2D eigenvalue weighted by molar-refractivity contribution is 7.46. The highest BCUT2D eigenvalue weighted by Gasteiger charge is 2.55. The standard InChI is InChI=1S/C45H37F10O20P/c1-15-64-4-5-65-45(74-39-18-9-21-20(70-14-71-21)8-17(18)27(28-19(39)10-69-44(28)58)16-6-22(62-2)40(23(7-16)63-3)75-76(59,60)61)41(73-26(57)13-68-43-37(54)33(50)30(47)34(51)38(43)55)24(11-66-15)72-25(56)12-67-42-35(52)31(48)29(46)32(49)36(42)53/h6-9,15,19,24,27-28,39,41,45H,4-5,10-14H2,1-3H3,(H2,59,60,61)/t15?,19-,24?,27?,28-,39+,41?,45?/m0/s1. The van der Waals surface area contributed by atoms with Crippen molar-refractivity contribution in [1.82, 2.24) is 0 Å². The molecular weight excluding hydrogens is 1080 g/mol. The van der Waals surface area contributed by atoms with E-state index in [1.807, 2.05) is 0 Å². The highest BCUT2D eigenvalue weighted by atomic mass is 31.2. The molecule has 0 saturated carbocycles. The molecule has 5 unspecified atom stereocenters. The minimum Gasteiger partial charge on any atom is -0.493 e. The van der Waals surface area contributed by atoms with Crippen LogP contribution in [0, 0.1) is 70.0 Å². The van der Waals surface area contributed by atoms with Gasteiger partial charge in [0, 0.05) is 11.8 Å². The van der Waals surface area contributed by atoms with Crippen molar-refractivity contribution in [3.63, 3.8) is 0 Å². The number of hydrogen-bond acceptors (Lipinski definition) is 18. The van der Waals surface area contributed by atoms with Crippen molar-refractivity contribution < 1.29 is 139 Å². The monoisotopic (exact) mass is 1120 g/mol. The van der Waals surface area contributed by atoms with E-state index in [1.54, 1.807) is 0 Å². The smallest absolute Gasteiger partial charge is 0.493 e. The summed E-state index contributed by atoms with van der Waals surface area (Å²) < 4.78 is 231. The maximum absolute atomic E-state index is 14.7. The first kappa shape index (κ1) is 55.4. The Kier molecular flexibility index (Phi) is 16.3. The van der Waals surface area contributed by atoms with E-state index in [-0.39, 0.29) is 53.1 Å². The van der Waals surface area contributed by atoms with Crippen molar-refractivity contribution in [2.24, 2.45) is 11.8 Å². The van der Waals surface area contributed by atoms with Gasteiger partial charge in [0.15, 0.2) is 72.5 Å². The van der Waals surface area contributed by atoms with Gasteiger partial charge in [-0.15, -0.1) is 0 Å². The average molecular weight is 1120 g/mol. The fourth-order valence-electron chi connectivity index (χ4n) is 8.56. The molecule has 8 rings (SSSR count). The second-order valence-corrected chi connectivity index (χ2v) is 17.6. The Morgan fingerprint density at radius 3 is 1.67 bits per heavy atom. The maximum atomic E-state index is 14.7. The van der Waals surface area contributed by atoms with Crippen LogP contribution in [-0.2, 0) is 52.1 Å². The first-order valence-electron chi connectivity index (χ1n) is 21.8. The predicted molar refractivity (Wildman–Crippen MR) is 223 cm³/mol. The van der Waals surface area contributed by atoms with Crippen molar-refractivity contribution in [2.45, 2.75) is 43.7 Å². The maximum Gasteiger partial charge on any atom is 0.525 e. The van der Waals surface area contributed by atoms with Crippen LogP contribution in [0.1, 0.15) is 35.6 Å². The fourth-order valence-corrected chi connectivity index (χ4v) is 8.98. The quantitative estimate of drug-likeness (QED) is 0.0346. The second kappa shape index (κ2) is 22.4. The third kappa shape index (κ3) is 11.0. The lowest BCUT2D eigenvalue weighted by molar-refractivity contribution is -0.277. The largest absolute Gasteiger partial charge is 0.525 e. The fraction of sp³-hybridized carbons (Fsp3) is 0.400. The molecule has 0 radical (unpaired) electrons. The zero-order chi connectivity index (χ0) is 55.1. The summed E-state index contributed by atoms with van der Waals surface area (Å²) in [5, 5.41) is 0. The summed E-state index contributed by atoms with van der Waals surface area (Å²) in [4.78, 5) is 60.5. The van der Waals surface area contributed by atoms with Crippen LogP contribution < -0.4 is 32.9 Å². The zero-order valence-corrected chi connectivity index (χ0v) is 39.7. The molecule has 0 bridgehead atoms. The van der Waals surface area contributed by atoms with Gasteiger partial charge in [-0.05, 0) is 47.9 Å². The minimum absolute atomic E-state index is 0.104. The molecule has 4 aromatic carbocycles. The number of esters is 3. The molecule has 76 heavy (non-hydrogen) atoms. The van der Waals surface area contributed by atoms with Crippen molar-refractivity contribution >= 4 is 25.7 Å². The van der Waals surface area contributed by atoms with Crippen molar-refractivity contribution in [2.75, 3.05) is 60.7 Å². The Hall–Kier alpha value is -6.82. The number of fused-ring (bicyclic) bond motifs is 3. The third-order valence-electron chi connectivity index (χ3n) is 11.9. The van der Waals surface area contributed by atoms with E-state index in [0.29, 0.717) is 0 Å². The Balaban J connectivity index is 1.21. The predicted octanol–water partition coefficient (Wildman–Crippen LogP) is 6.00. The number of carbonyl (C=O) groups is 3. The Morgan fingerprint density at radius 1 is 0.645 bits per heavy atom. The topological polar surface area (TPSA) is 238 Å². The molecular formula is C45H37F10O20P. The molecule has 8 atom stereocenters. The summed E-state index contributed by atoms with van der Waals surface area (Å²) in [7, 11) is -2.95. The van der Waals surface area contributed by atoms with Crippen LogP contribution in [0.5, 0.6) is 40.2 Å². The molecule has 31 heteroatoms. The van der Waals surface area contributed by atoms with Crippen molar-refractivity contribution in [3.05, 3.63) is 99.1 Å². The van der Waals surface area contributed by atoms with Gasteiger partial charge in [0.2, 0.25) is 70.7 Å². The van der Waals surface area contributed by atoms with Gasteiger partial charge in [0.25, 0.3) is 0 Å². The molecule has 412 valence electrons. The summed E-state index contributed by atoms with van der Waals surface area (Å²) >= 11 is 0. The highest BCUT2D eigenvalue weighted by Crippen LogP contribution is 2.58. The van der Waals surface area contributed by atoms with Crippen LogP contribution in [-0.4, -0.2) is 113 Å². The molecule has 0 aromatic heterocycles. The molecule has 1 aliphatic carbocycles. The van der Waals surface area contributed by atoms with E-state index in [2.05, 4.69) is 9.47 Å². The lowest BCUT2D eigenvalue weighted by atomic mass is 9.66. The second-order valence-electron chi connectivity index (χ2n) is 16.4. The Bertz CT molecular complexity index is 2900. The van der Waals surface area contributed by atoms with E-state index in [1.165, 1.54) is 31.2 Å². The minimum atomic E-state index is -5.24. The molecule has 20 nitrogen and oxygen atoms in total. The lowest BCUT2D eigenvalue weighted by Crippen LogP contribution is -2.51. The van der Waals surface area contributed by atoms with Gasteiger partial charge in [0.05, 0.1) is 52.7 Å². The molecule has 2 saturated heterocycles. The Morgan fingerprint density at radius 2 is 1.14 bits per heavy atom. The summed E-state index contributed by atoms with van der Waals surface area (Å²) in [5.41, 5.74) is 0.548. The van der Waals surface area contributed by atoms with E-state index in [0.717, 1.165) is 14.2 Å². The van der Waals surface area contributed by atoms with E-state index >= 15 is 0 Å². The number of cyclic esters (lactones) is 1. The SMILES string of the molecule is COc1cc(C2c3cc4c(cc3[C@@H](OC3OCCOC(C)OCC(OC(=O)COc5c(F)c(F)c(F)c(F)c5F)C3OC(=O)COc3c(F)c(F)c(F)c(F)c3F)[C@H]3COC(=O)[C@H]23)OCO4)cc(OC)c1OP(=O)(O)O. The summed E-state index contributed by atoms with van der Waals surface area (Å²) in [5.74, 6) is -37.5. The van der Waals surface area contributed by atoms with Crippen molar-refractivity contribution in [3.8, 4) is 40.2 Å². The molecule has 4 aromatic rings. The number of halogens is 10. The van der Waals surface area contributed by atoms with Gasteiger partial charge in [0.1, 0.15) is 0 Å². The molecule has 3 aliphatic heterocycles. The summed E-state index contributed by atoms with van der Waals surface area (Å²) in [6, 6.07) is 5.47. The van der Waals surface area contributed by atoms with Crippen LogP contribution in [0.2, 0.25) is 0 Å². The molecule has 2 N–H and O–H groups in total. The van der Waals surface area contributed by atoms with Crippen LogP contribution in [0.4, 0.5) is 43.9 Å². The molecule has 4 aliphatic rings. The van der Waals surface area contributed by atoms with Crippen molar-refractivity contribution in [1.29, 1.82) is 0 Å². The lowest BCUT2D eigenvalue weighted by Gasteiger charge is -2.42. The number of phosphoric ester groups is 1. The van der Waals surface area contributed by atoms with E-state index in [9.17, 15) is 72.6 Å². The van der Waals surface area contributed by atoms with Crippen LogP contribution in [0.25, 0.3) is 0 Å². The molecule has 2 fully saturated rings. The number of ether oxygens (including phenoxy) is 13. The van der Waals surface area contributed by atoms with E-state index < -0.39 is 183 Å². The number of hydrogen-bond donors (Lipinski definition) is 2. The number of phosphoric acid groups is 1. The van der Waals surface area contributed by atoms with Crippen LogP contribution in [0.3, 0.4) is 0 Å². The van der Waals surface area contributed by atoms with Crippen LogP contribution in [0.15, 0.2) is 24.3 Å². The van der Waals surface area contributed by atoms with Gasteiger partial charge in [-0.1, -0.05) is 0 Å². The molecule has 0 amide bonds. The zero-order valence-electron chi connectivity index (χ0n) is 38.8. The number of rotatable bonds is 15. The number of carbonyl (C=O) groups excluding carboxylic acids is 3.